The number of benzene rings is 1. The van der Waals surface area contributed by atoms with Crippen LogP contribution in [0.4, 0.5) is 0 Å². The Balaban J connectivity index is 2.35. The summed E-state index contributed by atoms with van der Waals surface area (Å²) in [5.74, 6) is -0.177. The van der Waals surface area contributed by atoms with Gasteiger partial charge >= 0.3 is 0 Å². The summed E-state index contributed by atoms with van der Waals surface area (Å²) in [6.45, 7) is 5.61. The zero-order chi connectivity index (χ0) is 14.9. The molecule has 1 saturated heterocycles. The lowest BCUT2D eigenvalue weighted by atomic mass is 10.0. The Bertz CT molecular complexity index is 603. The third kappa shape index (κ3) is 2.77. The number of amides is 2. The third-order valence-corrected chi connectivity index (χ3v) is 3.40. The van der Waals surface area contributed by atoms with Gasteiger partial charge in [-0.25, -0.2) is 0 Å². The third-order valence-electron chi connectivity index (χ3n) is 3.12. The summed E-state index contributed by atoms with van der Waals surface area (Å²) in [6, 6.07) is 7.88. The van der Waals surface area contributed by atoms with Crippen molar-refractivity contribution in [2.75, 3.05) is 0 Å². The van der Waals surface area contributed by atoms with Gasteiger partial charge in [0.15, 0.2) is 5.11 Å². The Morgan fingerprint density at radius 3 is 2.40 bits per heavy atom. The van der Waals surface area contributed by atoms with E-state index in [4.69, 9.17) is 12.2 Å². The summed E-state index contributed by atoms with van der Waals surface area (Å²) < 4.78 is 0. The average Bonchev–Trinajstić information content (AvgIpc) is 2.64. The van der Waals surface area contributed by atoms with Crippen LogP contribution < -0.4 is 5.32 Å². The Kier molecular flexibility index (Phi) is 3.99. The first-order valence-electron chi connectivity index (χ1n) is 6.38. The lowest BCUT2D eigenvalue weighted by Crippen LogP contribution is -2.31. The van der Waals surface area contributed by atoms with E-state index in [1.165, 1.54) is 17.4 Å². The quantitative estimate of drug-likeness (QED) is 0.671. The Hall–Kier alpha value is -2.01. The van der Waals surface area contributed by atoms with E-state index < -0.39 is 0 Å². The van der Waals surface area contributed by atoms with Crippen molar-refractivity contribution >= 4 is 35.2 Å². The van der Waals surface area contributed by atoms with Crippen molar-refractivity contribution < 1.29 is 9.59 Å². The minimum atomic E-state index is -0.349. The molecule has 1 aromatic rings. The van der Waals surface area contributed by atoms with Crippen LogP contribution in [-0.4, -0.2) is 21.8 Å². The Morgan fingerprint density at radius 1 is 1.30 bits per heavy atom. The molecule has 1 aliphatic rings. The normalized spacial score (nSPS) is 17.0. The smallest absolute Gasteiger partial charge is 0.274 e. The van der Waals surface area contributed by atoms with Crippen molar-refractivity contribution in [3.8, 4) is 0 Å². The molecule has 0 atom stereocenters. The highest BCUT2D eigenvalue weighted by atomic mass is 32.1. The number of thiocarbonyl (C=S) groups is 1. The Morgan fingerprint density at radius 2 is 1.90 bits per heavy atom. The predicted molar refractivity (Wildman–Crippen MR) is 81.8 cm³/mol. The minimum Gasteiger partial charge on any atom is -0.297 e. The van der Waals surface area contributed by atoms with Crippen molar-refractivity contribution in [2.45, 2.75) is 26.7 Å². The molecule has 0 spiro atoms. The van der Waals surface area contributed by atoms with E-state index in [0.29, 0.717) is 5.92 Å². The molecule has 5 heteroatoms. The topological polar surface area (TPSA) is 49.4 Å². The molecular formula is C15H16N2O2S. The summed E-state index contributed by atoms with van der Waals surface area (Å²) in [7, 11) is 0. The molecule has 0 bridgehead atoms. The number of hydrogen-bond donors (Lipinski definition) is 1. The van der Waals surface area contributed by atoms with Crippen molar-refractivity contribution in [1.82, 2.24) is 10.2 Å². The second kappa shape index (κ2) is 5.54. The molecule has 1 aromatic carbocycles. The maximum absolute atomic E-state index is 11.8. The summed E-state index contributed by atoms with van der Waals surface area (Å²) >= 11 is 4.97. The van der Waals surface area contributed by atoms with E-state index in [9.17, 15) is 9.59 Å². The van der Waals surface area contributed by atoms with E-state index in [-0.39, 0.29) is 22.6 Å². The number of nitrogens with one attached hydrogen (secondary N) is 1. The molecule has 1 heterocycles. The lowest BCUT2D eigenvalue weighted by Gasteiger charge is -2.12. The van der Waals surface area contributed by atoms with Gasteiger partial charge in [-0.3, -0.25) is 19.8 Å². The van der Waals surface area contributed by atoms with Crippen molar-refractivity contribution in [3.05, 3.63) is 41.1 Å². The first-order chi connectivity index (χ1) is 9.40. The molecule has 0 radical (unpaired) electrons. The van der Waals surface area contributed by atoms with Gasteiger partial charge in [0.05, 0.1) is 0 Å². The van der Waals surface area contributed by atoms with Crippen LogP contribution >= 0.6 is 12.2 Å². The molecule has 1 aliphatic heterocycles. The summed E-state index contributed by atoms with van der Waals surface area (Å²) in [5.41, 5.74) is 2.34. The number of nitrogens with zero attached hydrogens (tertiary/aromatic N) is 1. The van der Waals surface area contributed by atoms with Gasteiger partial charge in [-0.15, -0.1) is 0 Å². The summed E-state index contributed by atoms with van der Waals surface area (Å²) in [6.07, 6.45) is 1.67. The van der Waals surface area contributed by atoms with E-state index >= 15 is 0 Å². The summed E-state index contributed by atoms with van der Waals surface area (Å²) in [5, 5.41) is 2.61. The van der Waals surface area contributed by atoms with Crippen LogP contribution in [0.25, 0.3) is 6.08 Å². The highest BCUT2D eigenvalue weighted by Crippen LogP contribution is 2.19. The van der Waals surface area contributed by atoms with Gasteiger partial charge in [0, 0.05) is 6.92 Å². The number of hydrogen-bond acceptors (Lipinski definition) is 3. The molecule has 104 valence electrons. The minimum absolute atomic E-state index is 0.132. The predicted octanol–water partition coefficient (Wildman–Crippen LogP) is 2.41. The van der Waals surface area contributed by atoms with E-state index in [1.807, 2.05) is 24.3 Å². The molecule has 4 nitrogen and oxygen atoms in total. The second-order valence-electron chi connectivity index (χ2n) is 4.96. The van der Waals surface area contributed by atoms with Gasteiger partial charge in [0.2, 0.25) is 5.91 Å². The fraction of sp³-hybridized carbons (Fsp3) is 0.267. The van der Waals surface area contributed by atoms with Crippen molar-refractivity contribution in [2.24, 2.45) is 0 Å². The van der Waals surface area contributed by atoms with Crippen molar-refractivity contribution in [3.63, 3.8) is 0 Å². The van der Waals surface area contributed by atoms with Crippen LogP contribution in [0.5, 0.6) is 0 Å². The van der Waals surface area contributed by atoms with Gasteiger partial charge in [0.25, 0.3) is 5.91 Å². The van der Waals surface area contributed by atoms with Gasteiger partial charge in [-0.1, -0.05) is 38.1 Å². The molecule has 1 fully saturated rings. The largest absolute Gasteiger partial charge is 0.297 e. The fourth-order valence-corrected chi connectivity index (χ4v) is 2.33. The molecule has 0 unspecified atom stereocenters. The summed E-state index contributed by atoms with van der Waals surface area (Å²) in [4.78, 5) is 24.6. The standard InChI is InChI=1S/C15H16N2O2S/c1-9(2)12-6-4-11(5-7-12)8-13-14(19)16-15(20)17(13)10(3)18/h4-9H,1-3H3,(H,16,19,20)/b13-8+. The van der Waals surface area contributed by atoms with Crippen LogP contribution in [0.1, 0.15) is 37.8 Å². The fourth-order valence-electron chi connectivity index (χ4n) is 2.01. The van der Waals surface area contributed by atoms with Gasteiger partial charge in [0.1, 0.15) is 5.70 Å². The molecule has 2 rings (SSSR count). The molecule has 0 saturated carbocycles. The highest BCUT2D eigenvalue weighted by Gasteiger charge is 2.32. The van der Waals surface area contributed by atoms with Gasteiger partial charge in [-0.2, -0.15) is 0 Å². The van der Waals surface area contributed by atoms with Gasteiger partial charge in [-0.05, 0) is 35.3 Å². The highest BCUT2D eigenvalue weighted by molar-refractivity contribution is 7.80. The molecule has 2 amide bonds. The van der Waals surface area contributed by atoms with Crippen LogP contribution in [0, 0.1) is 0 Å². The molecule has 0 aliphatic carbocycles. The molecule has 20 heavy (non-hydrogen) atoms. The number of carbonyl (C=O) groups excluding carboxylic acids is 2. The number of rotatable bonds is 2. The molecular weight excluding hydrogens is 272 g/mol. The zero-order valence-corrected chi connectivity index (χ0v) is 12.5. The van der Waals surface area contributed by atoms with E-state index in [2.05, 4.69) is 19.2 Å². The van der Waals surface area contributed by atoms with Crippen LogP contribution in [0.2, 0.25) is 0 Å². The Labute approximate surface area is 123 Å². The zero-order valence-electron chi connectivity index (χ0n) is 11.6. The van der Waals surface area contributed by atoms with Crippen molar-refractivity contribution in [1.29, 1.82) is 0 Å². The second-order valence-corrected chi connectivity index (χ2v) is 5.35. The molecule has 1 N–H and O–H groups in total. The lowest BCUT2D eigenvalue weighted by molar-refractivity contribution is -0.125. The SMILES string of the molecule is CC(=O)N1C(=S)NC(=O)/C1=C\c1ccc(C(C)C)cc1. The monoisotopic (exact) mass is 288 g/mol. The molecule has 0 aromatic heterocycles. The van der Waals surface area contributed by atoms with Crippen LogP contribution in [0.15, 0.2) is 30.0 Å². The average molecular weight is 288 g/mol. The van der Waals surface area contributed by atoms with E-state index in [0.717, 1.165) is 5.56 Å². The number of carbonyl (C=O) groups is 2. The first kappa shape index (κ1) is 14.4. The van der Waals surface area contributed by atoms with Crippen LogP contribution in [0.3, 0.4) is 0 Å². The van der Waals surface area contributed by atoms with E-state index in [1.54, 1.807) is 6.08 Å². The van der Waals surface area contributed by atoms with Crippen LogP contribution in [-0.2, 0) is 9.59 Å². The first-order valence-corrected chi connectivity index (χ1v) is 6.78. The maximum Gasteiger partial charge on any atom is 0.274 e. The maximum atomic E-state index is 11.8. The van der Waals surface area contributed by atoms with Gasteiger partial charge < -0.3 is 0 Å².